The van der Waals surface area contributed by atoms with Crippen molar-refractivity contribution in [3.63, 3.8) is 0 Å². The monoisotopic (exact) mass is 424 g/mol. The Morgan fingerprint density at radius 1 is 1.29 bits per heavy atom. The molecule has 1 saturated heterocycles. The van der Waals surface area contributed by atoms with Crippen LogP contribution in [0.1, 0.15) is 34.3 Å². The van der Waals surface area contributed by atoms with Gasteiger partial charge in [-0.25, -0.2) is 4.98 Å². The molecule has 1 atom stereocenters. The van der Waals surface area contributed by atoms with Crippen molar-refractivity contribution in [2.75, 3.05) is 45.2 Å². The van der Waals surface area contributed by atoms with Crippen LogP contribution in [0.15, 0.2) is 42.6 Å². The number of fused-ring (bicyclic) bond motifs is 1. The van der Waals surface area contributed by atoms with Crippen molar-refractivity contribution in [3.05, 3.63) is 59.3 Å². The number of aliphatic hydroxyl groups is 1. The van der Waals surface area contributed by atoms with Crippen LogP contribution in [0, 0.1) is 0 Å². The Labute approximate surface area is 184 Å². The van der Waals surface area contributed by atoms with Crippen molar-refractivity contribution >= 4 is 11.7 Å². The van der Waals surface area contributed by atoms with Gasteiger partial charge in [-0.3, -0.25) is 9.69 Å². The molecule has 1 fully saturated rings. The lowest BCUT2D eigenvalue weighted by molar-refractivity contribution is 0.0568. The number of pyridine rings is 1. The summed E-state index contributed by atoms with van der Waals surface area (Å²) in [5.74, 6) is 0.596. The van der Waals surface area contributed by atoms with Gasteiger partial charge in [0.15, 0.2) is 0 Å². The topological polar surface area (TPSA) is 77.9 Å². The molecule has 2 N–H and O–H groups in total. The number of benzene rings is 1. The van der Waals surface area contributed by atoms with Crippen LogP contribution in [0.5, 0.6) is 0 Å². The van der Waals surface area contributed by atoms with Crippen molar-refractivity contribution in [2.45, 2.75) is 38.0 Å². The number of carbonyl (C=O) groups excluding carboxylic acids is 1. The zero-order valence-electron chi connectivity index (χ0n) is 18.2. The van der Waals surface area contributed by atoms with Crippen LogP contribution in [0.4, 0.5) is 5.82 Å². The molecule has 0 spiro atoms. The number of aliphatic hydroxyl groups excluding tert-OH is 1. The van der Waals surface area contributed by atoms with E-state index in [2.05, 4.69) is 39.5 Å². The van der Waals surface area contributed by atoms with Crippen LogP contribution in [0.3, 0.4) is 0 Å². The molecule has 0 aliphatic carbocycles. The Hall–Kier alpha value is -2.48. The quantitative estimate of drug-likeness (QED) is 0.709. The molecule has 0 bridgehead atoms. The van der Waals surface area contributed by atoms with E-state index in [4.69, 9.17) is 4.74 Å². The Bertz CT molecular complexity index is 885. The number of likely N-dealkylation sites (N-methyl/N-ethyl adjacent to an activating group) is 1. The fraction of sp³-hybridized carbons (Fsp3) is 0.500. The minimum absolute atomic E-state index is 0.111. The van der Waals surface area contributed by atoms with Crippen LogP contribution in [0.2, 0.25) is 0 Å². The zero-order chi connectivity index (χ0) is 21.6. The van der Waals surface area contributed by atoms with Gasteiger partial charge in [0.25, 0.3) is 5.91 Å². The number of nitrogens with zero attached hydrogens (tertiary/aromatic N) is 3. The summed E-state index contributed by atoms with van der Waals surface area (Å²) in [6.45, 7) is 4.12. The smallest absolute Gasteiger partial charge is 0.253 e. The second-order valence-corrected chi connectivity index (χ2v) is 8.55. The first-order chi connectivity index (χ1) is 15.1. The maximum Gasteiger partial charge on any atom is 0.253 e. The summed E-state index contributed by atoms with van der Waals surface area (Å²) >= 11 is 0. The van der Waals surface area contributed by atoms with Gasteiger partial charge >= 0.3 is 0 Å². The largest absolute Gasteiger partial charge is 0.390 e. The molecule has 1 aromatic heterocycles. The first-order valence-electron chi connectivity index (χ1n) is 11.1. The lowest BCUT2D eigenvalue weighted by Gasteiger charge is -2.31. The van der Waals surface area contributed by atoms with Crippen LogP contribution >= 0.6 is 0 Å². The molecule has 4 rings (SSSR count). The van der Waals surface area contributed by atoms with Gasteiger partial charge in [0.1, 0.15) is 5.82 Å². The van der Waals surface area contributed by atoms with E-state index in [0.717, 1.165) is 45.6 Å². The molecule has 0 saturated carbocycles. The van der Waals surface area contributed by atoms with Gasteiger partial charge in [-0.1, -0.05) is 24.3 Å². The molecular weight excluding hydrogens is 392 g/mol. The molecule has 2 aliphatic heterocycles. The highest BCUT2D eigenvalue weighted by Gasteiger charge is 2.22. The van der Waals surface area contributed by atoms with Gasteiger partial charge in [0.05, 0.1) is 6.10 Å². The molecule has 166 valence electrons. The van der Waals surface area contributed by atoms with E-state index in [1.54, 1.807) is 30.3 Å². The van der Waals surface area contributed by atoms with Crippen LogP contribution in [0.25, 0.3) is 0 Å². The molecule has 7 nitrogen and oxygen atoms in total. The molecule has 0 unspecified atom stereocenters. The Balaban J connectivity index is 1.29. The second-order valence-electron chi connectivity index (χ2n) is 8.55. The molecule has 31 heavy (non-hydrogen) atoms. The highest BCUT2D eigenvalue weighted by atomic mass is 16.5. The molecule has 1 aromatic carbocycles. The minimum Gasteiger partial charge on any atom is -0.390 e. The SMILES string of the molecule is CN(C[C@H](O)CN1CCc2ccccc2C1)C(=O)c1ccnc(NC2CCOCC2)c1. The summed E-state index contributed by atoms with van der Waals surface area (Å²) in [5.41, 5.74) is 3.29. The van der Waals surface area contributed by atoms with E-state index in [-0.39, 0.29) is 5.91 Å². The van der Waals surface area contributed by atoms with E-state index in [0.29, 0.717) is 30.5 Å². The van der Waals surface area contributed by atoms with E-state index in [9.17, 15) is 9.90 Å². The van der Waals surface area contributed by atoms with E-state index in [1.807, 2.05) is 0 Å². The number of anilines is 1. The van der Waals surface area contributed by atoms with Gasteiger partial charge in [0.2, 0.25) is 0 Å². The third-order valence-electron chi connectivity index (χ3n) is 6.09. The molecular formula is C24H32N4O3. The Kier molecular flexibility index (Phi) is 7.17. The van der Waals surface area contributed by atoms with E-state index >= 15 is 0 Å². The summed E-state index contributed by atoms with van der Waals surface area (Å²) < 4.78 is 5.39. The third kappa shape index (κ3) is 5.81. The Morgan fingerprint density at radius 2 is 2.06 bits per heavy atom. The molecule has 7 heteroatoms. The van der Waals surface area contributed by atoms with Gasteiger partial charge < -0.3 is 20.1 Å². The lowest BCUT2D eigenvalue weighted by Crippen LogP contribution is -2.42. The van der Waals surface area contributed by atoms with Gasteiger partial charge in [-0.2, -0.15) is 0 Å². The summed E-state index contributed by atoms with van der Waals surface area (Å²) in [6.07, 6.45) is 3.93. The molecule has 2 aromatic rings. The van der Waals surface area contributed by atoms with Crippen molar-refractivity contribution in [2.24, 2.45) is 0 Å². The van der Waals surface area contributed by atoms with E-state index in [1.165, 1.54) is 11.1 Å². The highest BCUT2D eigenvalue weighted by Crippen LogP contribution is 2.19. The van der Waals surface area contributed by atoms with E-state index < -0.39 is 6.10 Å². The molecule has 1 amide bonds. The van der Waals surface area contributed by atoms with Crippen LogP contribution < -0.4 is 5.32 Å². The normalized spacial score (nSPS) is 18.3. The fourth-order valence-electron chi connectivity index (χ4n) is 4.38. The minimum atomic E-state index is -0.596. The number of hydrogen-bond acceptors (Lipinski definition) is 6. The number of carbonyl (C=O) groups is 1. The maximum atomic E-state index is 12.9. The number of β-amino-alcohol motifs (C(OH)–C–C–N with tert-alkyl or cyclic N) is 1. The maximum absolute atomic E-state index is 12.9. The first kappa shape index (κ1) is 21.7. The van der Waals surface area contributed by atoms with Crippen molar-refractivity contribution in [3.8, 4) is 0 Å². The summed E-state index contributed by atoms with van der Waals surface area (Å²) in [4.78, 5) is 21.1. The van der Waals surface area contributed by atoms with Crippen LogP contribution in [-0.4, -0.2) is 77.8 Å². The lowest BCUT2D eigenvalue weighted by atomic mass is 10.00. The number of aromatic nitrogens is 1. The van der Waals surface area contributed by atoms with Crippen molar-refractivity contribution in [1.82, 2.24) is 14.8 Å². The predicted molar refractivity (Wildman–Crippen MR) is 120 cm³/mol. The fourth-order valence-corrected chi connectivity index (χ4v) is 4.38. The number of amides is 1. The number of ether oxygens (including phenoxy) is 1. The zero-order valence-corrected chi connectivity index (χ0v) is 18.2. The number of nitrogens with one attached hydrogen (secondary N) is 1. The average molecular weight is 425 g/mol. The average Bonchev–Trinajstić information content (AvgIpc) is 2.79. The van der Waals surface area contributed by atoms with Crippen LogP contribution in [-0.2, 0) is 17.7 Å². The summed E-state index contributed by atoms with van der Waals surface area (Å²) in [5, 5.41) is 14.0. The van der Waals surface area contributed by atoms with Crippen molar-refractivity contribution in [1.29, 1.82) is 0 Å². The van der Waals surface area contributed by atoms with Gasteiger partial charge in [-0.05, 0) is 42.5 Å². The second kappa shape index (κ2) is 10.2. The molecule has 0 radical (unpaired) electrons. The standard InChI is InChI=1S/C24H32N4O3/c1-27(16-22(29)17-28-11-7-18-4-2-3-5-20(18)15-28)24(30)19-6-10-25-23(14-19)26-21-8-12-31-13-9-21/h2-6,10,14,21-22,29H,7-9,11-13,15-17H2,1H3,(H,25,26)/t22-/m0/s1. The summed E-state index contributed by atoms with van der Waals surface area (Å²) in [6, 6.07) is 12.3. The highest BCUT2D eigenvalue weighted by molar-refractivity contribution is 5.94. The van der Waals surface area contributed by atoms with Crippen molar-refractivity contribution < 1.29 is 14.6 Å². The van der Waals surface area contributed by atoms with Gasteiger partial charge in [0, 0.05) is 64.2 Å². The molecule has 3 heterocycles. The molecule has 2 aliphatic rings. The number of hydrogen-bond donors (Lipinski definition) is 2. The van der Waals surface area contributed by atoms with Gasteiger partial charge in [-0.15, -0.1) is 0 Å². The third-order valence-corrected chi connectivity index (χ3v) is 6.09. The predicted octanol–water partition coefficient (Wildman–Crippen LogP) is 2.16. The first-order valence-corrected chi connectivity index (χ1v) is 11.1. The number of rotatable bonds is 7. The summed E-state index contributed by atoms with van der Waals surface area (Å²) in [7, 11) is 1.74. The Morgan fingerprint density at radius 3 is 2.87 bits per heavy atom.